The number of ether oxygens (including phenoxy) is 2. The topological polar surface area (TPSA) is 65.5 Å². The zero-order chi connectivity index (χ0) is 15.2. The van der Waals surface area contributed by atoms with Crippen LogP contribution in [0.2, 0.25) is 0 Å². The van der Waals surface area contributed by atoms with Gasteiger partial charge in [0.05, 0.1) is 12.3 Å². The molecule has 2 aromatic rings. The number of aryl methyl sites for hydroxylation is 1. The Kier molecular flexibility index (Phi) is 5.05. The standard InChI is InChI=1S/C15H15NO4S/c1-3-19-15(18)14-10(2)16-13(21-14)9-20-12-6-4-11(8-17)5-7-12/h4-8H,3,9H2,1-2H3. The third kappa shape index (κ3) is 3.88. The third-order valence-corrected chi connectivity index (χ3v) is 3.79. The molecule has 0 amide bonds. The fourth-order valence-electron chi connectivity index (χ4n) is 1.69. The molecular formula is C15H15NO4S. The van der Waals surface area contributed by atoms with Gasteiger partial charge in [0.2, 0.25) is 0 Å². The fourth-order valence-corrected chi connectivity index (χ4v) is 2.56. The first-order valence-corrected chi connectivity index (χ1v) is 7.27. The maximum atomic E-state index is 11.7. The van der Waals surface area contributed by atoms with Crippen molar-refractivity contribution in [3.63, 3.8) is 0 Å². The van der Waals surface area contributed by atoms with E-state index in [9.17, 15) is 9.59 Å². The second kappa shape index (κ2) is 6.99. The largest absolute Gasteiger partial charge is 0.486 e. The Morgan fingerprint density at radius 1 is 1.33 bits per heavy atom. The quantitative estimate of drug-likeness (QED) is 0.606. The number of esters is 1. The lowest BCUT2D eigenvalue weighted by Crippen LogP contribution is -2.03. The van der Waals surface area contributed by atoms with Crippen LogP contribution in [0.3, 0.4) is 0 Å². The zero-order valence-corrected chi connectivity index (χ0v) is 12.6. The monoisotopic (exact) mass is 305 g/mol. The lowest BCUT2D eigenvalue weighted by atomic mass is 10.2. The Morgan fingerprint density at radius 3 is 2.67 bits per heavy atom. The Hall–Kier alpha value is -2.21. The minimum Gasteiger partial charge on any atom is -0.486 e. The normalized spacial score (nSPS) is 10.2. The maximum absolute atomic E-state index is 11.7. The van der Waals surface area contributed by atoms with Crippen molar-refractivity contribution in [2.45, 2.75) is 20.5 Å². The smallest absolute Gasteiger partial charge is 0.350 e. The number of carbonyl (C=O) groups excluding carboxylic acids is 2. The van der Waals surface area contributed by atoms with Crippen LogP contribution in [0.15, 0.2) is 24.3 Å². The van der Waals surface area contributed by atoms with Gasteiger partial charge in [-0.25, -0.2) is 9.78 Å². The molecule has 0 aliphatic heterocycles. The molecule has 110 valence electrons. The van der Waals surface area contributed by atoms with Crippen molar-refractivity contribution in [3.05, 3.63) is 45.4 Å². The molecule has 1 heterocycles. The minimum absolute atomic E-state index is 0.269. The van der Waals surface area contributed by atoms with Crippen LogP contribution in [-0.4, -0.2) is 23.8 Å². The molecule has 6 heteroatoms. The van der Waals surface area contributed by atoms with Gasteiger partial charge in [0.25, 0.3) is 0 Å². The van der Waals surface area contributed by atoms with Gasteiger partial charge in [0, 0.05) is 5.56 Å². The summed E-state index contributed by atoms with van der Waals surface area (Å²) in [6, 6.07) is 6.80. The van der Waals surface area contributed by atoms with E-state index < -0.39 is 0 Å². The van der Waals surface area contributed by atoms with E-state index in [1.807, 2.05) is 0 Å². The Morgan fingerprint density at radius 2 is 2.05 bits per heavy atom. The van der Waals surface area contributed by atoms with Crippen molar-refractivity contribution in [2.24, 2.45) is 0 Å². The number of hydrogen-bond acceptors (Lipinski definition) is 6. The van der Waals surface area contributed by atoms with Gasteiger partial charge in [0.15, 0.2) is 0 Å². The van der Waals surface area contributed by atoms with Crippen LogP contribution in [0.4, 0.5) is 0 Å². The molecule has 0 fully saturated rings. The van der Waals surface area contributed by atoms with Crippen LogP contribution in [0.5, 0.6) is 5.75 Å². The molecule has 2 rings (SSSR count). The van der Waals surface area contributed by atoms with Gasteiger partial charge >= 0.3 is 5.97 Å². The summed E-state index contributed by atoms with van der Waals surface area (Å²) in [4.78, 5) is 27.1. The van der Waals surface area contributed by atoms with Crippen LogP contribution in [-0.2, 0) is 11.3 Å². The minimum atomic E-state index is -0.353. The van der Waals surface area contributed by atoms with Gasteiger partial charge in [-0.1, -0.05) is 0 Å². The Balaban J connectivity index is 2.01. The molecule has 5 nitrogen and oxygen atoms in total. The lowest BCUT2D eigenvalue weighted by Gasteiger charge is -2.03. The van der Waals surface area contributed by atoms with Gasteiger partial charge in [-0.2, -0.15) is 0 Å². The molecule has 21 heavy (non-hydrogen) atoms. The first kappa shape index (κ1) is 15.2. The van der Waals surface area contributed by atoms with Crippen molar-refractivity contribution in [3.8, 4) is 5.75 Å². The second-order valence-corrected chi connectivity index (χ2v) is 5.30. The highest BCUT2D eigenvalue weighted by Crippen LogP contribution is 2.21. The summed E-state index contributed by atoms with van der Waals surface area (Å²) in [7, 11) is 0. The van der Waals surface area contributed by atoms with Gasteiger partial charge < -0.3 is 9.47 Å². The summed E-state index contributed by atoms with van der Waals surface area (Å²) < 4.78 is 10.5. The summed E-state index contributed by atoms with van der Waals surface area (Å²) >= 11 is 1.27. The number of hydrogen-bond donors (Lipinski definition) is 0. The Bertz CT molecular complexity index is 634. The molecule has 0 unspecified atom stereocenters. The molecule has 0 saturated heterocycles. The summed E-state index contributed by atoms with van der Waals surface area (Å²) in [6.45, 7) is 4.14. The van der Waals surface area contributed by atoms with E-state index in [-0.39, 0.29) is 12.6 Å². The molecule has 1 aromatic carbocycles. The van der Waals surface area contributed by atoms with Crippen molar-refractivity contribution in [2.75, 3.05) is 6.61 Å². The Labute approximate surface area is 126 Å². The van der Waals surface area contributed by atoms with E-state index in [4.69, 9.17) is 9.47 Å². The van der Waals surface area contributed by atoms with Crippen LogP contribution in [0.1, 0.15) is 37.7 Å². The summed E-state index contributed by atoms with van der Waals surface area (Å²) in [5.74, 6) is 0.292. The highest BCUT2D eigenvalue weighted by Gasteiger charge is 2.16. The summed E-state index contributed by atoms with van der Waals surface area (Å²) in [5.41, 5.74) is 1.24. The van der Waals surface area contributed by atoms with Crippen molar-refractivity contribution < 1.29 is 19.1 Å². The fraction of sp³-hybridized carbons (Fsp3) is 0.267. The van der Waals surface area contributed by atoms with Gasteiger partial charge in [-0.3, -0.25) is 4.79 Å². The number of nitrogens with zero attached hydrogens (tertiary/aromatic N) is 1. The zero-order valence-electron chi connectivity index (χ0n) is 11.8. The van der Waals surface area contributed by atoms with Crippen LogP contribution in [0.25, 0.3) is 0 Å². The molecule has 0 bridgehead atoms. The van der Waals surface area contributed by atoms with Crippen LogP contribution < -0.4 is 4.74 Å². The molecule has 0 saturated carbocycles. The van der Waals surface area contributed by atoms with E-state index in [1.165, 1.54) is 11.3 Å². The highest BCUT2D eigenvalue weighted by atomic mass is 32.1. The van der Waals surface area contributed by atoms with Crippen molar-refractivity contribution in [1.82, 2.24) is 4.98 Å². The number of thiazole rings is 1. The first-order valence-electron chi connectivity index (χ1n) is 6.45. The first-order chi connectivity index (χ1) is 10.1. The van der Waals surface area contributed by atoms with Crippen LogP contribution >= 0.6 is 11.3 Å². The van der Waals surface area contributed by atoms with Crippen molar-refractivity contribution >= 4 is 23.6 Å². The van der Waals surface area contributed by atoms with E-state index in [2.05, 4.69) is 4.98 Å². The highest BCUT2D eigenvalue weighted by molar-refractivity contribution is 7.13. The average Bonchev–Trinajstić information content (AvgIpc) is 2.87. The molecule has 1 aromatic heterocycles. The second-order valence-electron chi connectivity index (χ2n) is 4.22. The SMILES string of the molecule is CCOC(=O)c1sc(COc2ccc(C=O)cc2)nc1C. The van der Waals surface area contributed by atoms with E-state index in [0.29, 0.717) is 33.5 Å². The predicted octanol–water partition coefficient (Wildman–Crippen LogP) is 3.02. The van der Waals surface area contributed by atoms with E-state index >= 15 is 0 Å². The van der Waals surface area contributed by atoms with Gasteiger partial charge in [-0.05, 0) is 38.1 Å². The molecule has 0 N–H and O–H groups in total. The summed E-state index contributed by atoms with van der Waals surface area (Å²) in [5, 5.41) is 0.704. The number of benzene rings is 1. The average molecular weight is 305 g/mol. The van der Waals surface area contributed by atoms with E-state index in [0.717, 1.165) is 6.29 Å². The van der Waals surface area contributed by atoms with Crippen LogP contribution in [0, 0.1) is 6.92 Å². The molecule has 0 aliphatic carbocycles. The molecule has 0 spiro atoms. The van der Waals surface area contributed by atoms with Gasteiger partial charge in [-0.15, -0.1) is 11.3 Å². The number of aromatic nitrogens is 1. The number of rotatable bonds is 6. The molecule has 0 aliphatic rings. The number of aldehydes is 1. The molecule has 0 radical (unpaired) electrons. The molecule has 0 atom stereocenters. The molecular weight excluding hydrogens is 290 g/mol. The predicted molar refractivity (Wildman–Crippen MR) is 79.0 cm³/mol. The summed E-state index contributed by atoms with van der Waals surface area (Å²) in [6.07, 6.45) is 0.777. The van der Waals surface area contributed by atoms with Crippen molar-refractivity contribution in [1.29, 1.82) is 0 Å². The third-order valence-electron chi connectivity index (χ3n) is 2.68. The number of carbonyl (C=O) groups is 2. The van der Waals surface area contributed by atoms with Gasteiger partial charge in [0.1, 0.15) is 28.5 Å². The van der Waals surface area contributed by atoms with E-state index in [1.54, 1.807) is 38.1 Å². The lowest BCUT2D eigenvalue weighted by molar-refractivity contribution is 0.0531. The maximum Gasteiger partial charge on any atom is 0.350 e.